The molecular weight excluding hydrogens is 408 g/mol. The Kier molecular flexibility index (Phi) is 3.89. The lowest BCUT2D eigenvalue weighted by Crippen LogP contribution is -2.67. The van der Waals surface area contributed by atoms with Gasteiger partial charge in [-0.3, -0.25) is 9.69 Å². The van der Waals surface area contributed by atoms with Crippen molar-refractivity contribution in [1.29, 1.82) is 0 Å². The third-order valence-corrected chi connectivity index (χ3v) is 7.86. The number of phenols is 1. The quantitative estimate of drug-likeness (QED) is 0.709. The minimum absolute atomic E-state index is 0.113. The highest BCUT2D eigenvalue weighted by molar-refractivity contribution is 9.10. The van der Waals surface area contributed by atoms with Crippen LogP contribution < -0.4 is 0 Å². The minimum atomic E-state index is -0.635. The van der Waals surface area contributed by atoms with E-state index in [1.165, 1.54) is 19.1 Å². The summed E-state index contributed by atoms with van der Waals surface area (Å²) in [5, 5.41) is 11.3. The van der Waals surface area contributed by atoms with Gasteiger partial charge in [-0.2, -0.15) is 0 Å². The number of phenolic OH excluding ortho intramolecular Hbond substituents is 1. The highest BCUT2D eigenvalue weighted by Crippen LogP contribution is 2.55. The van der Waals surface area contributed by atoms with Crippen LogP contribution in [0, 0.1) is 11.8 Å². The van der Waals surface area contributed by atoms with E-state index >= 15 is 0 Å². The van der Waals surface area contributed by atoms with Crippen molar-refractivity contribution in [3.05, 3.63) is 27.9 Å². The Bertz CT molecular complexity index is 939. The van der Waals surface area contributed by atoms with Crippen molar-refractivity contribution >= 4 is 32.8 Å². The van der Waals surface area contributed by atoms with E-state index in [1.54, 1.807) is 0 Å². The number of nitrogens with zero attached hydrogens (tertiary/aromatic N) is 1. The van der Waals surface area contributed by atoms with Crippen molar-refractivity contribution in [1.82, 2.24) is 9.88 Å². The van der Waals surface area contributed by atoms with E-state index in [-0.39, 0.29) is 17.8 Å². The van der Waals surface area contributed by atoms with Crippen molar-refractivity contribution in [2.75, 3.05) is 20.2 Å². The SMILES string of the molecule is CC[C@H]1C[C@@H]2CN3CCc4c([nH]c5cc(Br)c(O)cc45)[C@](C(=O)OC)(C2)C13. The molecule has 1 aromatic carbocycles. The average molecular weight is 433 g/mol. The van der Waals surface area contributed by atoms with E-state index in [2.05, 4.69) is 32.7 Å². The van der Waals surface area contributed by atoms with Gasteiger partial charge in [0.25, 0.3) is 0 Å². The molecule has 2 saturated heterocycles. The van der Waals surface area contributed by atoms with Crippen LogP contribution in [0.3, 0.4) is 0 Å². The third kappa shape index (κ3) is 2.23. The molecule has 0 radical (unpaired) electrons. The zero-order chi connectivity index (χ0) is 18.9. The van der Waals surface area contributed by atoms with Gasteiger partial charge in [-0.1, -0.05) is 13.3 Å². The molecule has 144 valence electrons. The standard InChI is InChI=1S/C21H25BrN2O3/c1-3-12-6-11-9-21(20(26)27-2)18-13(4-5-24(10-11)19(12)21)14-7-17(25)15(22)8-16(14)23-18/h7-8,11-12,19,23,25H,3-6,9-10H2,1-2H3/t11-,12-,19?,21+/m0/s1. The van der Waals surface area contributed by atoms with Gasteiger partial charge < -0.3 is 14.8 Å². The monoisotopic (exact) mass is 432 g/mol. The first kappa shape index (κ1) is 17.6. The van der Waals surface area contributed by atoms with Crippen LogP contribution in [0.4, 0.5) is 0 Å². The van der Waals surface area contributed by atoms with Crippen molar-refractivity contribution in [3.8, 4) is 5.75 Å². The second-order valence-electron chi connectivity index (χ2n) is 8.45. The molecular formula is C21H25BrN2O3. The van der Waals surface area contributed by atoms with Crippen LogP contribution in [0.1, 0.15) is 37.4 Å². The number of hydrogen-bond donors (Lipinski definition) is 2. The maximum atomic E-state index is 13.3. The number of nitrogens with one attached hydrogen (secondary N) is 1. The molecule has 4 bridgehead atoms. The molecule has 27 heavy (non-hydrogen) atoms. The molecule has 5 nitrogen and oxygen atoms in total. The minimum Gasteiger partial charge on any atom is -0.507 e. The van der Waals surface area contributed by atoms with Crippen molar-refractivity contribution in [2.45, 2.75) is 44.1 Å². The molecule has 1 aliphatic carbocycles. The topological polar surface area (TPSA) is 65.6 Å². The van der Waals surface area contributed by atoms with Gasteiger partial charge in [0.15, 0.2) is 0 Å². The normalized spacial score (nSPS) is 34.3. The lowest BCUT2D eigenvalue weighted by molar-refractivity contribution is -0.162. The number of benzene rings is 1. The van der Waals surface area contributed by atoms with Crippen molar-refractivity contribution < 1.29 is 14.6 Å². The molecule has 4 heterocycles. The Morgan fingerprint density at radius 2 is 2.30 bits per heavy atom. The maximum absolute atomic E-state index is 13.3. The van der Waals surface area contributed by atoms with Gasteiger partial charge in [0, 0.05) is 35.7 Å². The summed E-state index contributed by atoms with van der Waals surface area (Å²) in [6.07, 6.45) is 4.02. The number of rotatable bonds is 2. The van der Waals surface area contributed by atoms with E-state index in [4.69, 9.17) is 4.74 Å². The van der Waals surface area contributed by atoms with E-state index in [1.807, 2.05) is 12.1 Å². The fraction of sp³-hybridized carbons (Fsp3) is 0.571. The number of fused-ring (bicyclic) bond motifs is 4. The summed E-state index contributed by atoms with van der Waals surface area (Å²) in [5.74, 6) is 1.15. The lowest BCUT2D eigenvalue weighted by Gasteiger charge is -2.57. The number of carbonyl (C=O) groups excluding carboxylic acids is 1. The number of halogens is 1. The third-order valence-electron chi connectivity index (χ3n) is 7.23. The molecule has 4 aliphatic rings. The molecule has 1 aromatic heterocycles. The largest absolute Gasteiger partial charge is 0.507 e. The second kappa shape index (κ2) is 5.98. The number of esters is 1. The molecule has 6 rings (SSSR count). The average Bonchev–Trinajstić information content (AvgIpc) is 2.98. The first-order chi connectivity index (χ1) is 13.0. The summed E-state index contributed by atoms with van der Waals surface area (Å²) in [6, 6.07) is 3.92. The van der Waals surface area contributed by atoms with E-state index in [0.29, 0.717) is 16.3 Å². The lowest BCUT2D eigenvalue weighted by atomic mass is 9.56. The number of ether oxygens (including phenoxy) is 1. The summed E-state index contributed by atoms with van der Waals surface area (Å²) >= 11 is 3.42. The molecule has 0 amide bonds. The van der Waals surface area contributed by atoms with E-state index < -0.39 is 5.41 Å². The van der Waals surface area contributed by atoms with Crippen LogP contribution in [-0.4, -0.2) is 47.2 Å². The molecule has 2 N–H and O–H groups in total. The fourth-order valence-corrected chi connectivity index (χ4v) is 6.67. The van der Waals surface area contributed by atoms with Gasteiger partial charge in [-0.15, -0.1) is 0 Å². The van der Waals surface area contributed by atoms with Gasteiger partial charge >= 0.3 is 5.97 Å². The maximum Gasteiger partial charge on any atom is 0.319 e. The van der Waals surface area contributed by atoms with E-state index in [9.17, 15) is 9.90 Å². The molecule has 3 aliphatic heterocycles. The van der Waals surface area contributed by atoms with Crippen LogP contribution in [0.2, 0.25) is 0 Å². The summed E-state index contributed by atoms with van der Waals surface area (Å²) in [7, 11) is 1.51. The Labute approximate surface area is 167 Å². The molecule has 3 fully saturated rings. The molecule has 2 unspecified atom stereocenters. The summed E-state index contributed by atoms with van der Waals surface area (Å²) in [4.78, 5) is 19.5. The van der Waals surface area contributed by atoms with Crippen LogP contribution in [0.25, 0.3) is 10.9 Å². The number of methoxy groups -OCH3 is 1. The van der Waals surface area contributed by atoms with Gasteiger partial charge in [0.1, 0.15) is 11.2 Å². The highest BCUT2D eigenvalue weighted by atomic mass is 79.9. The smallest absolute Gasteiger partial charge is 0.319 e. The number of aromatic amines is 1. The number of aromatic nitrogens is 1. The number of carbonyl (C=O) groups is 1. The Morgan fingerprint density at radius 3 is 3.04 bits per heavy atom. The summed E-state index contributed by atoms with van der Waals surface area (Å²) in [5.41, 5.74) is 2.53. The van der Waals surface area contributed by atoms with Gasteiger partial charge in [0.2, 0.25) is 0 Å². The fourth-order valence-electron chi connectivity index (χ4n) is 6.33. The van der Waals surface area contributed by atoms with Crippen LogP contribution in [0.15, 0.2) is 16.6 Å². The molecule has 5 atom stereocenters. The second-order valence-corrected chi connectivity index (χ2v) is 9.31. The van der Waals surface area contributed by atoms with Crippen molar-refractivity contribution in [2.24, 2.45) is 11.8 Å². The van der Waals surface area contributed by atoms with Crippen LogP contribution >= 0.6 is 15.9 Å². The number of hydrogen-bond acceptors (Lipinski definition) is 4. The number of H-pyrrole nitrogens is 1. The van der Waals surface area contributed by atoms with Crippen LogP contribution in [0.5, 0.6) is 5.75 Å². The summed E-state index contributed by atoms with van der Waals surface area (Å²) in [6.45, 7) is 4.27. The van der Waals surface area contributed by atoms with Gasteiger partial charge in [-0.25, -0.2) is 0 Å². The first-order valence-corrected chi connectivity index (χ1v) is 10.6. The van der Waals surface area contributed by atoms with Crippen LogP contribution in [-0.2, 0) is 21.4 Å². The van der Waals surface area contributed by atoms with Crippen molar-refractivity contribution in [3.63, 3.8) is 0 Å². The van der Waals surface area contributed by atoms with Gasteiger partial charge in [0.05, 0.1) is 11.6 Å². The number of aromatic hydroxyl groups is 1. The zero-order valence-corrected chi connectivity index (χ0v) is 17.3. The number of piperidine rings is 2. The Morgan fingerprint density at radius 1 is 1.48 bits per heavy atom. The molecule has 2 aromatic rings. The predicted octanol–water partition coefficient (Wildman–Crippen LogP) is 3.72. The molecule has 1 saturated carbocycles. The Hall–Kier alpha value is -1.53. The van der Waals surface area contributed by atoms with E-state index in [0.717, 1.165) is 48.9 Å². The summed E-state index contributed by atoms with van der Waals surface area (Å²) < 4.78 is 6.09. The first-order valence-electron chi connectivity index (χ1n) is 9.85. The Balaban J connectivity index is 1.81. The molecule has 0 spiro atoms. The zero-order valence-electron chi connectivity index (χ0n) is 15.7. The molecule has 6 heteroatoms. The predicted molar refractivity (Wildman–Crippen MR) is 107 cm³/mol. The highest BCUT2D eigenvalue weighted by Gasteiger charge is 2.62. The van der Waals surface area contributed by atoms with Gasteiger partial charge in [-0.05, 0) is 64.7 Å².